The summed E-state index contributed by atoms with van der Waals surface area (Å²) < 4.78 is 14.0. The first-order valence-corrected chi connectivity index (χ1v) is 6.38. The lowest BCUT2D eigenvalue weighted by Gasteiger charge is -2.40. The molecular weight excluding hydrogens is 215 g/mol. The number of hydrogen-bond donors (Lipinski definition) is 1. The standard InChI is InChI=1S/C14H21FN2/c1-4-12-9-17(11(3)8-16-12)14-6-5-10(2)7-13(14)15/h5-7,11-12,16H,4,8-9H2,1-3H3. The minimum absolute atomic E-state index is 0.103. The summed E-state index contributed by atoms with van der Waals surface area (Å²) in [5.74, 6) is -0.103. The van der Waals surface area contributed by atoms with Crippen LogP contribution >= 0.6 is 0 Å². The van der Waals surface area contributed by atoms with E-state index in [1.54, 1.807) is 6.07 Å². The molecule has 1 aliphatic rings. The summed E-state index contributed by atoms with van der Waals surface area (Å²) in [6.45, 7) is 8.03. The molecule has 0 amide bonds. The molecule has 1 aromatic rings. The zero-order valence-electron chi connectivity index (χ0n) is 10.8. The third-order valence-electron chi connectivity index (χ3n) is 3.56. The molecule has 0 aliphatic carbocycles. The van der Waals surface area contributed by atoms with Gasteiger partial charge in [0.15, 0.2) is 0 Å². The summed E-state index contributed by atoms with van der Waals surface area (Å²) >= 11 is 0. The molecule has 0 radical (unpaired) electrons. The highest BCUT2D eigenvalue weighted by atomic mass is 19.1. The Hall–Kier alpha value is -1.09. The van der Waals surface area contributed by atoms with Gasteiger partial charge >= 0.3 is 0 Å². The second-order valence-corrected chi connectivity index (χ2v) is 4.97. The van der Waals surface area contributed by atoms with Gasteiger partial charge in [-0.2, -0.15) is 0 Å². The van der Waals surface area contributed by atoms with Crippen molar-refractivity contribution in [2.75, 3.05) is 18.0 Å². The predicted octanol–water partition coefficient (Wildman–Crippen LogP) is 2.71. The lowest BCUT2D eigenvalue weighted by atomic mass is 10.1. The van der Waals surface area contributed by atoms with Gasteiger partial charge in [-0.15, -0.1) is 0 Å². The summed E-state index contributed by atoms with van der Waals surface area (Å²) in [5, 5.41) is 3.48. The Bertz CT molecular complexity index is 392. The van der Waals surface area contributed by atoms with E-state index in [0.29, 0.717) is 12.1 Å². The van der Waals surface area contributed by atoms with Crippen molar-refractivity contribution in [3.63, 3.8) is 0 Å². The molecule has 94 valence electrons. The second-order valence-electron chi connectivity index (χ2n) is 4.97. The van der Waals surface area contributed by atoms with E-state index in [1.807, 2.05) is 19.1 Å². The van der Waals surface area contributed by atoms with E-state index >= 15 is 0 Å². The normalized spacial score (nSPS) is 25.1. The summed E-state index contributed by atoms with van der Waals surface area (Å²) in [4.78, 5) is 2.18. The van der Waals surface area contributed by atoms with Crippen LogP contribution in [0.1, 0.15) is 25.8 Å². The molecule has 1 aliphatic heterocycles. The summed E-state index contributed by atoms with van der Waals surface area (Å²) in [7, 11) is 0. The number of benzene rings is 1. The number of piperazine rings is 1. The van der Waals surface area contributed by atoms with Gasteiger partial charge in [-0.25, -0.2) is 4.39 Å². The number of halogens is 1. The Morgan fingerprint density at radius 3 is 2.88 bits per heavy atom. The Morgan fingerprint density at radius 2 is 2.24 bits per heavy atom. The van der Waals surface area contributed by atoms with Gasteiger partial charge in [0.1, 0.15) is 5.82 Å². The van der Waals surface area contributed by atoms with Crippen molar-refractivity contribution in [3.05, 3.63) is 29.6 Å². The lowest BCUT2D eigenvalue weighted by Crippen LogP contribution is -2.55. The van der Waals surface area contributed by atoms with Crippen molar-refractivity contribution in [2.45, 2.75) is 39.3 Å². The van der Waals surface area contributed by atoms with Crippen LogP contribution in [0.5, 0.6) is 0 Å². The fourth-order valence-corrected chi connectivity index (χ4v) is 2.38. The molecule has 3 heteroatoms. The van der Waals surface area contributed by atoms with E-state index in [9.17, 15) is 4.39 Å². The smallest absolute Gasteiger partial charge is 0.146 e. The van der Waals surface area contributed by atoms with Crippen molar-refractivity contribution in [2.24, 2.45) is 0 Å². The SMILES string of the molecule is CCC1CN(c2ccc(C)cc2F)C(C)CN1. The Morgan fingerprint density at radius 1 is 1.47 bits per heavy atom. The van der Waals surface area contributed by atoms with E-state index in [0.717, 1.165) is 30.8 Å². The quantitative estimate of drug-likeness (QED) is 0.849. The van der Waals surface area contributed by atoms with Gasteiger partial charge in [0.2, 0.25) is 0 Å². The van der Waals surface area contributed by atoms with Crippen LogP contribution in [0.25, 0.3) is 0 Å². The van der Waals surface area contributed by atoms with Crippen LogP contribution in [0.4, 0.5) is 10.1 Å². The highest BCUT2D eigenvalue weighted by molar-refractivity contribution is 5.50. The number of anilines is 1. The highest BCUT2D eigenvalue weighted by Gasteiger charge is 2.25. The minimum Gasteiger partial charge on any atom is -0.364 e. The van der Waals surface area contributed by atoms with E-state index < -0.39 is 0 Å². The molecule has 0 spiro atoms. The second kappa shape index (κ2) is 5.05. The summed E-state index contributed by atoms with van der Waals surface area (Å²) in [6, 6.07) is 6.31. The van der Waals surface area contributed by atoms with Crippen LogP contribution in [0, 0.1) is 12.7 Å². The predicted molar refractivity (Wildman–Crippen MR) is 70.0 cm³/mol. The number of aryl methyl sites for hydroxylation is 1. The van der Waals surface area contributed by atoms with Gasteiger partial charge in [-0.05, 0) is 38.0 Å². The third-order valence-corrected chi connectivity index (χ3v) is 3.56. The monoisotopic (exact) mass is 236 g/mol. The first-order chi connectivity index (χ1) is 8.11. The molecule has 1 N–H and O–H groups in total. The van der Waals surface area contributed by atoms with Crippen molar-refractivity contribution < 1.29 is 4.39 Å². The van der Waals surface area contributed by atoms with Crippen molar-refractivity contribution in [1.29, 1.82) is 0 Å². The topological polar surface area (TPSA) is 15.3 Å². The maximum absolute atomic E-state index is 14.0. The van der Waals surface area contributed by atoms with Gasteiger partial charge in [-0.1, -0.05) is 13.0 Å². The molecule has 0 bridgehead atoms. The van der Waals surface area contributed by atoms with Gasteiger partial charge < -0.3 is 10.2 Å². The molecule has 0 saturated carbocycles. The summed E-state index contributed by atoms with van der Waals surface area (Å²) in [6.07, 6.45) is 1.08. The molecule has 1 fully saturated rings. The average molecular weight is 236 g/mol. The maximum atomic E-state index is 14.0. The first-order valence-electron chi connectivity index (χ1n) is 6.38. The number of nitrogens with one attached hydrogen (secondary N) is 1. The molecule has 2 nitrogen and oxygen atoms in total. The zero-order valence-corrected chi connectivity index (χ0v) is 10.8. The van der Waals surface area contributed by atoms with Gasteiger partial charge in [0, 0.05) is 25.2 Å². The molecule has 2 atom stereocenters. The minimum atomic E-state index is -0.103. The molecule has 1 heterocycles. The Balaban J connectivity index is 2.24. The van der Waals surface area contributed by atoms with Crippen molar-refractivity contribution in [1.82, 2.24) is 5.32 Å². The van der Waals surface area contributed by atoms with Gasteiger partial charge in [0.25, 0.3) is 0 Å². The van der Waals surface area contributed by atoms with Gasteiger partial charge in [-0.3, -0.25) is 0 Å². The average Bonchev–Trinajstić information content (AvgIpc) is 2.30. The van der Waals surface area contributed by atoms with E-state index in [-0.39, 0.29) is 5.82 Å². The molecule has 0 aromatic heterocycles. The highest BCUT2D eigenvalue weighted by Crippen LogP contribution is 2.24. The van der Waals surface area contributed by atoms with E-state index in [2.05, 4.69) is 24.1 Å². The molecular formula is C14H21FN2. The zero-order chi connectivity index (χ0) is 12.4. The fraction of sp³-hybridized carbons (Fsp3) is 0.571. The van der Waals surface area contributed by atoms with Crippen LogP contribution in [0.3, 0.4) is 0 Å². The fourth-order valence-electron chi connectivity index (χ4n) is 2.38. The van der Waals surface area contributed by atoms with E-state index in [1.165, 1.54) is 0 Å². The van der Waals surface area contributed by atoms with Crippen LogP contribution in [-0.4, -0.2) is 25.2 Å². The van der Waals surface area contributed by atoms with Gasteiger partial charge in [0.05, 0.1) is 5.69 Å². The summed E-state index contributed by atoms with van der Waals surface area (Å²) in [5.41, 5.74) is 1.71. The molecule has 2 rings (SSSR count). The first kappa shape index (κ1) is 12.4. The number of rotatable bonds is 2. The number of hydrogen-bond acceptors (Lipinski definition) is 2. The molecule has 17 heavy (non-hydrogen) atoms. The largest absolute Gasteiger partial charge is 0.364 e. The molecule has 1 aromatic carbocycles. The van der Waals surface area contributed by atoms with Crippen molar-refractivity contribution in [3.8, 4) is 0 Å². The lowest BCUT2D eigenvalue weighted by molar-refractivity contribution is 0.394. The van der Waals surface area contributed by atoms with Crippen LogP contribution in [0.15, 0.2) is 18.2 Å². The molecule has 2 unspecified atom stereocenters. The van der Waals surface area contributed by atoms with Crippen molar-refractivity contribution >= 4 is 5.69 Å². The third kappa shape index (κ3) is 2.60. The van der Waals surface area contributed by atoms with Crippen LogP contribution in [-0.2, 0) is 0 Å². The van der Waals surface area contributed by atoms with E-state index in [4.69, 9.17) is 0 Å². The maximum Gasteiger partial charge on any atom is 0.146 e. The Labute approximate surface area is 103 Å². The Kier molecular flexibility index (Phi) is 3.67. The molecule has 1 saturated heterocycles. The van der Waals surface area contributed by atoms with Crippen LogP contribution in [0.2, 0.25) is 0 Å². The number of nitrogens with zero attached hydrogens (tertiary/aromatic N) is 1. The van der Waals surface area contributed by atoms with Crippen LogP contribution < -0.4 is 10.2 Å².